The van der Waals surface area contributed by atoms with Crippen LogP contribution in [0.25, 0.3) is 0 Å². The summed E-state index contributed by atoms with van der Waals surface area (Å²) in [6, 6.07) is 0. The third-order valence-electron chi connectivity index (χ3n) is 10.5. The molecule has 41 heavy (non-hydrogen) atoms. The van der Waals surface area contributed by atoms with Crippen LogP contribution in [0.15, 0.2) is 28.5 Å². The highest BCUT2D eigenvalue weighted by Crippen LogP contribution is 2.67. The van der Waals surface area contributed by atoms with E-state index >= 15 is 0 Å². The van der Waals surface area contributed by atoms with Crippen molar-refractivity contribution >= 4 is 17.5 Å². The van der Waals surface area contributed by atoms with Crippen LogP contribution in [0.3, 0.4) is 0 Å². The summed E-state index contributed by atoms with van der Waals surface area (Å²) in [5.41, 5.74) is -0.229. The number of ether oxygens (including phenoxy) is 1. The molecule has 4 aliphatic carbocycles. The molecule has 0 radical (unpaired) electrons. The van der Waals surface area contributed by atoms with Crippen molar-refractivity contribution in [3.05, 3.63) is 57.9 Å². The number of fused-ring (bicyclic) bond motifs is 5. The summed E-state index contributed by atoms with van der Waals surface area (Å²) in [7, 11) is 0. The van der Waals surface area contributed by atoms with Gasteiger partial charge in [0.1, 0.15) is 6.61 Å². The van der Waals surface area contributed by atoms with Crippen molar-refractivity contribution in [3.63, 3.8) is 0 Å². The van der Waals surface area contributed by atoms with Crippen molar-refractivity contribution in [2.75, 3.05) is 0 Å². The average Bonchev–Trinajstić information content (AvgIpc) is 3.21. The molecule has 0 aromatic heterocycles. The highest BCUT2D eigenvalue weighted by atomic mass is 19.2. The zero-order valence-electron chi connectivity index (χ0n) is 23.8. The largest absolute Gasteiger partial charge is 0.451 e. The summed E-state index contributed by atoms with van der Waals surface area (Å²) < 4.78 is 74.2. The van der Waals surface area contributed by atoms with E-state index in [0.29, 0.717) is 18.6 Å². The first-order valence-electron chi connectivity index (χ1n) is 14.0. The van der Waals surface area contributed by atoms with Crippen molar-refractivity contribution in [2.45, 2.75) is 85.4 Å². The van der Waals surface area contributed by atoms with Crippen LogP contribution in [0.1, 0.15) is 78.7 Å². The molecule has 222 valence electrons. The second-order valence-electron chi connectivity index (χ2n) is 12.5. The van der Waals surface area contributed by atoms with Crippen LogP contribution in [0, 0.1) is 57.7 Å². The maximum atomic E-state index is 14.0. The molecule has 5 nitrogen and oxygen atoms in total. The number of Topliss-reactive ketones (excluding diaryl/α,β-unsaturated/α-hetero) is 1. The highest BCUT2D eigenvalue weighted by Gasteiger charge is 2.67. The zero-order chi connectivity index (χ0) is 30.1. The summed E-state index contributed by atoms with van der Waals surface area (Å²) >= 11 is 0. The van der Waals surface area contributed by atoms with E-state index in [-0.39, 0.29) is 29.0 Å². The van der Waals surface area contributed by atoms with Crippen LogP contribution < -0.4 is 0 Å². The number of esters is 1. The average molecular weight is 580 g/mol. The second kappa shape index (κ2) is 10.1. The Labute approximate surface area is 235 Å². The number of nitrogens with zero attached hydrogens (tertiary/aromatic N) is 1. The Hall–Kier alpha value is -3.04. The van der Waals surface area contributed by atoms with Gasteiger partial charge in [0.15, 0.2) is 34.7 Å². The Balaban J connectivity index is 1.42. The predicted octanol–water partition coefficient (Wildman–Crippen LogP) is 7.27. The Morgan fingerprint density at radius 2 is 1.54 bits per heavy atom. The topological polar surface area (TPSA) is 65.0 Å². The molecule has 2 saturated carbocycles. The van der Waals surface area contributed by atoms with Gasteiger partial charge in [0.25, 0.3) is 0 Å². The molecule has 0 spiro atoms. The standard InChI is InChI=1S/C31H34F5NO4/c1-15-12-19-21(7-10-30(5)22(19)8-11-31(30,16(2)38)41-17(3)39)29(4)9-6-18(13-23(15)29)37-40-14-20-24(32)26(34)28(36)27(35)25(20)33/h12-13,19,21-22H,6-11,14H2,1-5H3/b37-18+/t19-,21+,22+,29-,30+,31?/m1/s1. The lowest BCUT2D eigenvalue weighted by molar-refractivity contribution is -0.185. The van der Waals surface area contributed by atoms with E-state index in [9.17, 15) is 31.5 Å². The molecular formula is C31H34F5NO4. The van der Waals surface area contributed by atoms with Crippen molar-refractivity contribution in [1.29, 1.82) is 0 Å². The highest BCUT2D eigenvalue weighted by molar-refractivity contribution is 5.97. The van der Waals surface area contributed by atoms with Crippen LogP contribution in [-0.2, 0) is 25.8 Å². The van der Waals surface area contributed by atoms with Crippen molar-refractivity contribution in [3.8, 4) is 0 Å². The Morgan fingerprint density at radius 1 is 0.927 bits per heavy atom. The minimum atomic E-state index is -2.22. The molecule has 0 heterocycles. The first-order chi connectivity index (χ1) is 19.2. The number of ketones is 1. The maximum Gasteiger partial charge on any atom is 0.303 e. The molecule has 0 amide bonds. The quantitative estimate of drug-likeness (QED) is 0.121. The van der Waals surface area contributed by atoms with E-state index in [1.54, 1.807) is 0 Å². The lowest BCUT2D eigenvalue weighted by atomic mass is 9.47. The maximum absolute atomic E-state index is 14.0. The van der Waals surface area contributed by atoms with Gasteiger partial charge in [-0.05, 0) is 87.2 Å². The molecule has 0 bridgehead atoms. The van der Waals surface area contributed by atoms with Crippen LogP contribution in [0.4, 0.5) is 22.0 Å². The SMILES string of the molecule is CC(=O)OC1(C(C)=O)CC[C@H]2[C@@H]3C=C(C)C4=C/C(=N/OCc5c(F)c(F)c(F)c(F)c5F)CC[C@]4(C)[C@H]3CC[C@@]21C. The van der Waals surface area contributed by atoms with Crippen LogP contribution in [-0.4, -0.2) is 23.1 Å². The normalized spacial score (nSPS) is 35.2. The van der Waals surface area contributed by atoms with Gasteiger partial charge in [0.05, 0.1) is 11.3 Å². The number of carbonyl (C=O) groups excluding carboxylic acids is 2. The lowest BCUT2D eigenvalue weighted by Gasteiger charge is -2.58. The van der Waals surface area contributed by atoms with Crippen LogP contribution >= 0.6 is 0 Å². The number of allylic oxidation sites excluding steroid dienone is 4. The summed E-state index contributed by atoms with van der Waals surface area (Å²) in [4.78, 5) is 30.1. The number of oxime groups is 1. The Bertz CT molecular complexity index is 1390. The molecule has 4 aliphatic rings. The zero-order valence-corrected chi connectivity index (χ0v) is 23.8. The number of carbonyl (C=O) groups is 2. The monoisotopic (exact) mass is 579 g/mol. The number of benzene rings is 1. The smallest absolute Gasteiger partial charge is 0.303 e. The van der Waals surface area contributed by atoms with E-state index in [2.05, 4.69) is 25.1 Å². The lowest BCUT2D eigenvalue weighted by Crippen LogP contribution is -2.58. The molecule has 2 fully saturated rings. The molecule has 1 aromatic rings. The number of rotatable bonds is 5. The van der Waals surface area contributed by atoms with Gasteiger partial charge in [-0.15, -0.1) is 0 Å². The van der Waals surface area contributed by atoms with Gasteiger partial charge in [0.2, 0.25) is 5.82 Å². The second-order valence-corrected chi connectivity index (χ2v) is 12.5. The van der Waals surface area contributed by atoms with Gasteiger partial charge in [-0.25, -0.2) is 22.0 Å². The molecule has 6 atom stereocenters. The minimum absolute atomic E-state index is 0.108. The molecule has 0 saturated heterocycles. The third-order valence-corrected chi connectivity index (χ3v) is 10.5. The fourth-order valence-corrected chi connectivity index (χ4v) is 8.52. The first kappa shape index (κ1) is 29.5. The molecule has 1 aromatic carbocycles. The molecule has 0 N–H and O–H groups in total. The molecule has 5 rings (SSSR count). The molecule has 0 aliphatic heterocycles. The van der Waals surface area contributed by atoms with Gasteiger partial charge in [-0.1, -0.05) is 30.7 Å². The summed E-state index contributed by atoms with van der Waals surface area (Å²) in [6.07, 6.45) is 8.25. The summed E-state index contributed by atoms with van der Waals surface area (Å²) in [5.74, 6) is -10.1. The summed E-state index contributed by atoms with van der Waals surface area (Å²) in [6.45, 7) is 8.30. The fourth-order valence-electron chi connectivity index (χ4n) is 8.52. The Morgan fingerprint density at radius 3 is 2.15 bits per heavy atom. The number of hydrogen-bond donors (Lipinski definition) is 0. The number of hydrogen-bond acceptors (Lipinski definition) is 5. The Kier molecular flexibility index (Phi) is 7.22. The van der Waals surface area contributed by atoms with E-state index < -0.39 is 58.2 Å². The van der Waals surface area contributed by atoms with E-state index in [0.717, 1.165) is 36.8 Å². The van der Waals surface area contributed by atoms with Crippen LogP contribution in [0.2, 0.25) is 0 Å². The van der Waals surface area contributed by atoms with Gasteiger partial charge in [-0.3, -0.25) is 9.59 Å². The molecular weight excluding hydrogens is 545 g/mol. The van der Waals surface area contributed by atoms with Crippen molar-refractivity contribution in [1.82, 2.24) is 0 Å². The van der Waals surface area contributed by atoms with E-state index in [4.69, 9.17) is 9.57 Å². The summed E-state index contributed by atoms with van der Waals surface area (Å²) in [5, 5.41) is 3.99. The van der Waals surface area contributed by atoms with Gasteiger partial charge < -0.3 is 9.57 Å². The van der Waals surface area contributed by atoms with Gasteiger partial charge in [-0.2, -0.15) is 0 Å². The molecule has 10 heteroatoms. The van der Waals surface area contributed by atoms with Gasteiger partial charge >= 0.3 is 5.97 Å². The van der Waals surface area contributed by atoms with E-state index in [1.807, 2.05) is 13.0 Å². The fraction of sp³-hybridized carbons (Fsp3) is 0.581. The van der Waals surface area contributed by atoms with E-state index in [1.165, 1.54) is 13.8 Å². The predicted molar refractivity (Wildman–Crippen MR) is 140 cm³/mol. The van der Waals surface area contributed by atoms with Crippen molar-refractivity contribution in [2.24, 2.45) is 33.7 Å². The van der Waals surface area contributed by atoms with Gasteiger partial charge in [0, 0.05) is 12.3 Å². The van der Waals surface area contributed by atoms with Crippen molar-refractivity contribution < 1.29 is 41.1 Å². The first-order valence-corrected chi connectivity index (χ1v) is 14.0. The number of halogens is 5. The molecule has 1 unspecified atom stereocenters. The third kappa shape index (κ3) is 4.26. The minimum Gasteiger partial charge on any atom is -0.451 e. The van der Waals surface area contributed by atoms with Crippen LogP contribution in [0.5, 0.6) is 0 Å².